The van der Waals surface area contributed by atoms with Crippen LogP contribution in [0.1, 0.15) is 90.9 Å². The topological polar surface area (TPSA) is 131 Å². The van der Waals surface area contributed by atoms with Crippen LogP contribution in [0, 0.1) is 0 Å². The Hall–Kier alpha value is -2.81. The standard InChI is InChI=1S/C35H56NO8P/c1-3-5-7-8-9-10-11-12-13-14-15-16-17-18-19-20-21-22-23-24-26-27-34(38)36-29-30-43-45(40,41)44-32-33(37)31-42-35(39)28-25-6-4-2/h5,7,9-10,12-13,15-16,18-19,21-22,24,26,33,37H,3-4,6,8,11,14,17,20,23,25,27-32H2,1-2H3,(H,36,38)(H,40,41)/b7-5-,10-9-,13-12-,16-15-,19-18-,22-21-,26-24-. The summed E-state index contributed by atoms with van der Waals surface area (Å²) in [6.07, 6.45) is 37.8. The first-order valence-corrected chi connectivity index (χ1v) is 17.6. The highest BCUT2D eigenvalue weighted by molar-refractivity contribution is 7.47. The molecule has 0 fully saturated rings. The molecule has 0 aromatic heterocycles. The van der Waals surface area contributed by atoms with Gasteiger partial charge in [-0.2, -0.15) is 0 Å². The number of hydrogen-bond acceptors (Lipinski definition) is 7. The van der Waals surface area contributed by atoms with Crippen LogP contribution in [-0.4, -0.2) is 54.3 Å². The van der Waals surface area contributed by atoms with Crippen molar-refractivity contribution in [1.82, 2.24) is 5.32 Å². The van der Waals surface area contributed by atoms with Gasteiger partial charge in [-0.3, -0.25) is 18.6 Å². The second-order valence-corrected chi connectivity index (χ2v) is 11.5. The van der Waals surface area contributed by atoms with E-state index in [1.807, 2.05) is 19.1 Å². The molecule has 0 aromatic carbocycles. The molecule has 0 aliphatic heterocycles. The number of aliphatic hydroxyl groups is 1. The van der Waals surface area contributed by atoms with Gasteiger partial charge in [0.2, 0.25) is 5.91 Å². The summed E-state index contributed by atoms with van der Waals surface area (Å²) in [5.41, 5.74) is 0. The SMILES string of the molecule is CC/C=C\C/C=C\C/C=C\C/C=C\C/C=C\C/C=C\C/C=C\CC(=O)NCCOP(=O)(O)OCC(O)COC(=O)CCCCC. The zero-order chi connectivity index (χ0) is 33.3. The molecule has 0 aromatic rings. The van der Waals surface area contributed by atoms with E-state index in [0.29, 0.717) is 6.42 Å². The van der Waals surface area contributed by atoms with Gasteiger partial charge in [-0.15, -0.1) is 0 Å². The van der Waals surface area contributed by atoms with Crippen LogP contribution in [0.4, 0.5) is 0 Å². The molecule has 10 heteroatoms. The fraction of sp³-hybridized carbons (Fsp3) is 0.543. The lowest BCUT2D eigenvalue weighted by molar-refractivity contribution is -0.147. The van der Waals surface area contributed by atoms with E-state index in [0.717, 1.165) is 57.8 Å². The molecule has 45 heavy (non-hydrogen) atoms. The van der Waals surface area contributed by atoms with Crippen LogP contribution in [0.5, 0.6) is 0 Å². The zero-order valence-corrected chi connectivity index (χ0v) is 28.2. The van der Waals surface area contributed by atoms with Crippen molar-refractivity contribution in [2.45, 2.75) is 97.0 Å². The van der Waals surface area contributed by atoms with E-state index in [1.54, 1.807) is 6.08 Å². The molecular formula is C35H56NO8P. The number of rotatable bonds is 28. The maximum absolute atomic E-state index is 11.9. The first-order chi connectivity index (χ1) is 21.8. The van der Waals surface area contributed by atoms with E-state index in [9.17, 15) is 24.2 Å². The number of carbonyl (C=O) groups is 2. The largest absolute Gasteiger partial charge is 0.472 e. The van der Waals surface area contributed by atoms with Crippen LogP contribution < -0.4 is 5.32 Å². The summed E-state index contributed by atoms with van der Waals surface area (Å²) in [6, 6.07) is 0. The molecular weight excluding hydrogens is 593 g/mol. The minimum atomic E-state index is -4.42. The minimum Gasteiger partial charge on any atom is -0.463 e. The minimum absolute atomic E-state index is 0.0195. The highest BCUT2D eigenvalue weighted by atomic mass is 31.2. The summed E-state index contributed by atoms with van der Waals surface area (Å²) < 4.78 is 26.3. The van der Waals surface area contributed by atoms with Crippen molar-refractivity contribution in [3.63, 3.8) is 0 Å². The predicted molar refractivity (Wildman–Crippen MR) is 182 cm³/mol. The smallest absolute Gasteiger partial charge is 0.463 e. The molecule has 0 aliphatic carbocycles. The van der Waals surface area contributed by atoms with Gasteiger partial charge >= 0.3 is 13.8 Å². The van der Waals surface area contributed by atoms with E-state index < -0.39 is 26.5 Å². The lowest BCUT2D eigenvalue weighted by atomic mass is 10.2. The Morgan fingerprint density at radius 1 is 0.711 bits per heavy atom. The van der Waals surface area contributed by atoms with E-state index >= 15 is 0 Å². The van der Waals surface area contributed by atoms with Gasteiger partial charge in [-0.25, -0.2) is 4.57 Å². The summed E-state index contributed by atoms with van der Waals surface area (Å²) >= 11 is 0. The number of carbonyl (C=O) groups excluding carboxylic acids is 2. The fourth-order valence-electron chi connectivity index (χ4n) is 3.45. The average Bonchev–Trinajstić information content (AvgIpc) is 3.02. The van der Waals surface area contributed by atoms with Crippen LogP contribution in [0.25, 0.3) is 0 Å². The van der Waals surface area contributed by atoms with Crippen molar-refractivity contribution in [2.24, 2.45) is 0 Å². The van der Waals surface area contributed by atoms with Crippen LogP contribution in [0.2, 0.25) is 0 Å². The Balaban J connectivity index is 3.81. The Morgan fingerprint density at radius 2 is 1.20 bits per heavy atom. The highest BCUT2D eigenvalue weighted by Crippen LogP contribution is 2.42. The van der Waals surface area contributed by atoms with Crippen LogP contribution >= 0.6 is 7.82 Å². The molecule has 0 heterocycles. The van der Waals surface area contributed by atoms with Gasteiger partial charge in [0.15, 0.2) is 0 Å². The van der Waals surface area contributed by atoms with Gasteiger partial charge in [0.05, 0.1) is 13.2 Å². The number of amides is 1. The first-order valence-electron chi connectivity index (χ1n) is 16.1. The maximum atomic E-state index is 11.9. The summed E-state index contributed by atoms with van der Waals surface area (Å²) in [6.45, 7) is 3.05. The second kappa shape index (κ2) is 31.2. The van der Waals surface area contributed by atoms with Crippen LogP contribution in [0.15, 0.2) is 85.1 Å². The van der Waals surface area contributed by atoms with Crippen LogP contribution in [0.3, 0.4) is 0 Å². The molecule has 1 amide bonds. The molecule has 0 spiro atoms. The quantitative estimate of drug-likeness (QED) is 0.0339. The van der Waals surface area contributed by atoms with E-state index in [4.69, 9.17) is 13.8 Å². The number of esters is 1. The van der Waals surface area contributed by atoms with Gasteiger partial charge in [0.1, 0.15) is 12.7 Å². The second-order valence-electron chi connectivity index (χ2n) is 10.1. The lowest BCUT2D eigenvalue weighted by Crippen LogP contribution is -2.26. The van der Waals surface area contributed by atoms with Crippen molar-refractivity contribution >= 4 is 19.7 Å². The first kappa shape index (κ1) is 42.2. The summed E-state index contributed by atoms with van der Waals surface area (Å²) in [4.78, 5) is 33.1. The number of ether oxygens (including phenoxy) is 1. The van der Waals surface area contributed by atoms with Gasteiger partial charge in [-0.05, 0) is 51.4 Å². The summed E-state index contributed by atoms with van der Waals surface area (Å²) in [7, 11) is -4.42. The van der Waals surface area contributed by atoms with Crippen molar-refractivity contribution in [1.29, 1.82) is 0 Å². The van der Waals surface area contributed by atoms with Gasteiger partial charge in [0, 0.05) is 19.4 Å². The lowest BCUT2D eigenvalue weighted by Gasteiger charge is -2.15. The number of phosphoric acid groups is 1. The number of hydrogen-bond donors (Lipinski definition) is 3. The fourth-order valence-corrected chi connectivity index (χ4v) is 4.21. The molecule has 0 bridgehead atoms. The average molecular weight is 650 g/mol. The molecule has 0 rings (SSSR count). The van der Waals surface area contributed by atoms with Crippen molar-refractivity contribution < 1.29 is 37.9 Å². The molecule has 0 aliphatic rings. The monoisotopic (exact) mass is 649 g/mol. The third-order valence-corrected chi connectivity index (χ3v) is 6.85. The molecule has 254 valence electrons. The molecule has 0 radical (unpaired) electrons. The number of unbranched alkanes of at least 4 members (excludes halogenated alkanes) is 2. The molecule has 0 saturated carbocycles. The Bertz CT molecular complexity index is 1010. The number of phosphoric ester groups is 1. The van der Waals surface area contributed by atoms with Gasteiger partial charge in [-0.1, -0.05) is 112 Å². The normalized spacial score (nSPS) is 14.7. The van der Waals surface area contributed by atoms with Gasteiger partial charge < -0.3 is 20.1 Å². The van der Waals surface area contributed by atoms with E-state index in [-0.39, 0.29) is 38.5 Å². The molecule has 2 unspecified atom stereocenters. The maximum Gasteiger partial charge on any atom is 0.472 e. The Labute approximate surface area is 271 Å². The number of aliphatic hydroxyl groups excluding tert-OH is 1. The van der Waals surface area contributed by atoms with Gasteiger partial charge in [0.25, 0.3) is 0 Å². The number of nitrogens with one attached hydrogen (secondary N) is 1. The molecule has 0 saturated heterocycles. The summed E-state index contributed by atoms with van der Waals surface area (Å²) in [5, 5.41) is 12.4. The van der Waals surface area contributed by atoms with Crippen molar-refractivity contribution in [3.05, 3.63) is 85.1 Å². The van der Waals surface area contributed by atoms with E-state index in [1.165, 1.54) is 0 Å². The highest BCUT2D eigenvalue weighted by Gasteiger charge is 2.23. The van der Waals surface area contributed by atoms with Crippen molar-refractivity contribution in [3.8, 4) is 0 Å². The van der Waals surface area contributed by atoms with Crippen molar-refractivity contribution in [2.75, 3.05) is 26.4 Å². The molecule has 9 nitrogen and oxygen atoms in total. The predicted octanol–water partition coefficient (Wildman–Crippen LogP) is 7.75. The third-order valence-electron chi connectivity index (χ3n) is 5.87. The van der Waals surface area contributed by atoms with Crippen LogP contribution in [-0.2, 0) is 27.9 Å². The molecule has 2 atom stereocenters. The Morgan fingerprint density at radius 3 is 1.69 bits per heavy atom. The van der Waals surface area contributed by atoms with E-state index in [2.05, 4.69) is 79.1 Å². The zero-order valence-electron chi connectivity index (χ0n) is 27.3. The third kappa shape index (κ3) is 32.4. The Kier molecular flexibility index (Phi) is 29.2. The number of allylic oxidation sites excluding steroid dienone is 13. The molecule has 3 N–H and O–H groups in total. The summed E-state index contributed by atoms with van der Waals surface area (Å²) in [5.74, 6) is -0.687.